The van der Waals surface area contributed by atoms with Crippen molar-refractivity contribution in [2.75, 3.05) is 12.4 Å². The van der Waals surface area contributed by atoms with Gasteiger partial charge in [-0.2, -0.15) is 0 Å². The Morgan fingerprint density at radius 2 is 1.70 bits per heavy atom. The first-order valence-corrected chi connectivity index (χ1v) is 11.2. The summed E-state index contributed by atoms with van der Waals surface area (Å²) in [6.45, 7) is 2.08. The number of anilines is 1. The summed E-state index contributed by atoms with van der Waals surface area (Å²) < 4.78 is 4.68. The van der Waals surface area contributed by atoms with E-state index in [-0.39, 0.29) is 5.91 Å². The number of carbonyl (C=O) groups excluding carboxylic acids is 2. The topological polar surface area (TPSA) is 68.3 Å². The lowest BCUT2D eigenvalue weighted by Gasteiger charge is -2.04. The van der Waals surface area contributed by atoms with Crippen LogP contribution in [0.5, 0.6) is 0 Å². The SMILES string of the molecule is COC(=O)c1ccc(/C=C/C(=O)Nc2ccc(-c3csc(-c4ccccc4C)n3)cc2)cc1. The average Bonchev–Trinajstić information content (AvgIpc) is 3.33. The largest absolute Gasteiger partial charge is 0.465 e. The minimum Gasteiger partial charge on any atom is -0.465 e. The van der Waals surface area contributed by atoms with Crippen molar-refractivity contribution in [3.8, 4) is 21.8 Å². The number of ether oxygens (including phenoxy) is 1. The Labute approximate surface area is 196 Å². The van der Waals surface area contributed by atoms with E-state index in [1.54, 1.807) is 41.7 Å². The van der Waals surface area contributed by atoms with E-state index in [1.807, 2.05) is 41.8 Å². The minimum absolute atomic E-state index is 0.240. The molecule has 0 bridgehead atoms. The molecular weight excluding hydrogens is 432 g/mol. The number of esters is 1. The average molecular weight is 455 g/mol. The monoisotopic (exact) mass is 454 g/mol. The Bertz CT molecular complexity index is 1310. The van der Waals surface area contributed by atoms with E-state index in [4.69, 9.17) is 4.98 Å². The van der Waals surface area contributed by atoms with Gasteiger partial charge in [0.05, 0.1) is 18.4 Å². The molecule has 0 atom stereocenters. The second-order valence-electron chi connectivity index (χ2n) is 7.37. The van der Waals surface area contributed by atoms with Crippen molar-refractivity contribution in [2.24, 2.45) is 0 Å². The van der Waals surface area contributed by atoms with Crippen molar-refractivity contribution in [1.29, 1.82) is 0 Å². The number of amides is 1. The Kier molecular flexibility index (Phi) is 6.76. The molecule has 164 valence electrons. The predicted molar refractivity (Wildman–Crippen MR) is 133 cm³/mol. The van der Waals surface area contributed by atoms with E-state index < -0.39 is 5.97 Å². The molecule has 1 aromatic heterocycles. The number of nitrogens with one attached hydrogen (secondary N) is 1. The summed E-state index contributed by atoms with van der Waals surface area (Å²) in [5, 5.41) is 5.89. The van der Waals surface area contributed by atoms with Crippen LogP contribution in [0.15, 0.2) is 84.3 Å². The zero-order chi connectivity index (χ0) is 23.2. The lowest BCUT2D eigenvalue weighted by Crippen LogP contribution is -2.07. The van der Waals surface area contributed by atoms with Crippen LogP contribution in [-0.4, -0.2) is 24.0 Å². The van der Waals surface area contributed by atoms with Crippen LogP contribution >= 0.6 is 11.3 Å². The minimum atomic E-state index is -0.393. The fourth-order valence-corrected chi connectivity index (χ4v) is 4.19. The third kappa shape index (κ3) is 5.42. The number of thiazole rings is 1. The number of benzene rings is 3. The van der Waals surface area contributed by atoms with Crippen molar-refractivity contribution in [3.63, 3.8) is 0 Å². The van der Waals surface area contributed by atoms with Crippen LogP contribution in [0.25, 0.3) is 27.9 Å². The molecule has 0 aliphatic heterocycles. The molecule has 0 spiro atoms. The third-order valence-electron chi connectivity index (χ3n) is 5.09. The van der Waals surface area contributed by atoms with E-state index in [0.29, 0.717) is 11.3 Å². The van der Waals surface area contributed by atoms with Crippen LogP contribution in [0.4, 0.5) is 5.69 Å². The lowest BCUT2D eigenvalue weighted by atomic mass is 10.1. The summed E-state index contributed by atoms with van der Waals surface area (Å²) in [5.74, 6) is -0.633. The molecule has 0 aliphatic rings. The number of nitrogens with zero attached hydrogens (tertiary/aromatic N) is 1. The standard InChI is InChI=1S/C27H22N2O3S/c1-18-5-3-4-6-23(18)26-29-24(17-33-26)20-12-14-22(15-13-20)28-25(30)16-9-19-7-10-21(11-8-19)27(31)32-2/h3-17H,1-2H3,(H,28,30)/b16-9+. The van der Waals surface area contributed by atoms with Crippen LogP contribution in [0.2, 0.25) is 0 Å². The van der Waals surface area contributed by atoms with E-state index in [0.717, 1.165) is 27.4 Å². The highest BCUT2D eigenvalue weighted by Gasteiger charge is 2.09. The fourth-order valence-electron chi connectivity index (χ4n) is 3.27. The van der Waals surface area contributed by atoms with Gasteiger partial charge in [0.1, 0.15) is 5.01 Å². The Balaban J connectivity index is 1.39. The number of aromatic nitrogens is 1. The second-order valence-corrected chi connectivity index (χ2v) is 8.22. The summed E-state index contributed by atoms with van der Waals surface area (Å²) >= 11 is 1.62. The van der Waals surface area contributed by atoms with Crippen LogP contribution in [0, 0.1) is 6.92 Å². The zero-order valence-corrected chi connectivity index (χ0v) is 19.1. The smallest absolute Gasteiger partial charge is 0.337 e. The van der Waals surface area contributed by atoms with Gasteiger partial charge in [0.25, 0.3) is 0 Å². The second kappa shape index (κ2) is 10.1. The molecule has 0 radical (unpaired) electrons. The molecule has 0 aliphatic carbocycles. The van der Waals surface area contributed by atoms with Gasteiger partial charge in [-0.1, -0.05) is 48.5 Å². The molecule has 4 aromatic rings. The van der Waals surface area contributed by atoms with E-state index in [2.05, 4.69) is 29.1 Å². The molecule has 3 aromatic carbocycles. The molecule has 0 fully saturated rings. The van der Waals surface area contributed by atoms with Crippen molar-refractivity contribution < 1.29 is 14.3 Å². The highest BCUT2D eigenvalue weighted by atomic mass is 32.1. The van der Waals surface area contributed by atoms with Gasteiger partial charge in [-0.25, -0.2) is 9.78 Å². The number of aryl methyl sites for hydroxylation is 1. The van der Waals surface area contributed by atoms with Gasteiger partial charge in [-0.15, -0.1) is 11.3 Å². The summed E-state index contributed by atoms with van der Waals surface area (Å²) in [7, 11) is 1.34. The summed E-state index contributed by atoms with van der Waals surface area (Å²) in [5.41, 5.74) is 6.21. The number of rotatable bonds is 6. The summed E-state index contributed by atoms with van der Waals surface area (Å²) in [4.78, 5) is 28.5. The van der Waals surface area contributed by atoms with Crippen LogP contribution in [0.3, 0.4) is 0 Å². The molecule has 0 saturated heterocycles. The molecule has 1 N–H and O–H groups in total. The van der Waals surface area contributed by atoms with Crippen LogP contribution < -0.4 is 5.32 Å². The first-order chi connectivity index (χ1) is 16.0. The van der Waals surface area contributed by atoms with Crippen LogP contribution in [-0.2, 0) is 9.53 Å². The number of methoxy groups -OCH3 is 1. The Hall–Kier alpha value is -4.03. The molecule has 0 unspecified atom stereocenters. The zero-order valence-electron chi connectivity index (χ0n) is 18.2. The lowest BCUT2D eigenvalue weighted by molar-refractivity contribution is -0.111. The van der Waals surface area contributed by atoms with Gasteiger partial charge in [0.15, 0.2) is 0 Å². The van der Waals surface area contributed by atoms with Gasteiger partial charge < -0.3 is 10.1 Å². The van der Waals surface area contributed by atoms with Gasteiger partial charge in [-0.3, -0.25) is 4.79 Å². The maximum Gasteiger partial charge on any atom is 0.337 e. The predicted octanol–water partition coefficient (Wildman–Crippen LogP) is 6.22. The van der Waals surface area contributed by atoms with Gasteiger partial charge >= 0.3 is 5.97 Å². The fraction of sp³-hybridized carbons (Fsp3) is 0.0741. The molecule has 0 saturated carbocycles. The van der Waals surface area contributed by atoms with E-state index >= 15 is 0 Å². The van der Waals surface area contributed by atoms with Crippen molar-refractivity contribution in [3.05, 3.63) is 101 Å². The normalized spacial score (nSPS) is 10.8. The molecule has 1 amide bonds. The summed E-state index contributed by atoms with van der Waals surface area (Å²) in [6, 6.07) is 22.6. The first kappa shape index (κ1) is 22.2. The number of carbonyl (C=O) groups is 2. The highest BCUT2D eigenvalue weighted by molar-refractivity contribution is 7.13. The van der Waals surface area contributed by atoms with E-state index in [9.17, 15) is 9.59 Å². The maximum atomic E-state index is 12.3. The number of hydrogen-bond acceptors (Lipinski definition) is 5. The Morgan fingerprint density at radius 1 is 0.970 bits per heavy atom. The van der Waals surface area contributed by atoms with Crippen molar-refractivity contribution in [1.82, 2.24) is 4.98 Å². The van der Waals surface area contributed by atoms with Gasteiger partial charge in [0, 0.05) is 28.3 Å². The molecular formula is C27H22N2O3S. The summed E-state index contributed by atoms with van der Waals surface area (Å²) in [6.07, 6.45) is 3.14. The molecule has 6 heteroatoms. The van der Waals surface area contributed by atoms with Gasteiger partial charge in [-0.05, 0) is 48.4 Å². The third-order valence-corrected chi connectivity index (χ3v) is 5.96. The van der Waals surface area contributed by atoms with Crippen molar-refractivity contribution in [2.45, 2.75) is 6.92 Å². The number of hydrogen-bond donors (Lipinski definition) is 1. The van der Waals surface area contributed by atoms with E-state index in [1.165, 1.54) is 18.7 Å². The molecule has 1 heterocycles. The quantitative estimate of drug-likeness (QED) is 0.277. The van der Waals surface area contributed by atoms with Gasteiger partial charge in [0.2, 0.25) is 5.91 Å². The first-order valence-electron chi connectivity index (χ1n) is 10.3. The molecule has 4 rings (SSSR count). The Morgan fingerprint density at radius 3 is 2.39 bits per heavy atom. The van der Waals surface area contributed by atoms with Crippen LogP contribution in [0.1, 0.15) is 21.5 Å². The highest BCUT2D eigenvalue weighted by Crippen LogP contribution is 2.31. The maximum absolute atomic E-state index is 12.3. The molecule has 5 nitrogen and oxygen atoms in total. The molecule has 33 heavy (non-hydrogen) atoms. The van der Waals surface area contributed by atoms with Crippen molar-refractivity contribution >= 4 is 35.0 Å².